The molecule has 0 bridgehead atoms. The zero-order valence-corrected chi connectivity index (χ0v) is 28.4. The van der Waals surface area contributed by atoms with E-state index in [1.165, 1.54) is 43.4 Å². The molecular formula is C35H57N5O3S. The second-order valence-corrected chi connectivity index (χ2v) is 14.5. The number of amides is 2. The third kappa shape index (κ3) is 11.6. The number of hydroxylamine groups is 2. The number of nitrogens with one attached hydrogen (secondary N) is 2. The summed E-state index contributed by atoms with van der Waals surface area (Å²) in [6, 6.07) is 7.02. The van der Waals surface area contributed by atoms with Gasteiger partial charge in [0.25, 0.3) is 0 Å². The number of rotatable bonds is 13. The molecule has 1 aromatic carbocycles. The molecule has 0 saturated heterocycles. The molecule has 8 nitrogen and oxygen atoms in total. The van der Waals surface area contributed by atoms with E-state index in [-0.39, 0.29) is 5.11 Å². The molecule has 44 heavy (non-hydrogen) atoms. The van der Waals surface area contributed by atoms with Crippen LogP contribution in [0.15, 0.2) is 35.3 Å². The van der Waals surface area contributed by atoms with E-state index in [1.807, 2.05) is 58.0 Å². The molecule has 0 aliphatic heterocycles. The van der Waals surface area contributed by atoms with Crippen LogP contribution in [0.4, 0.5) is 0 Å². The third-order valence-electron chi connectivity index (χ3n) is 9.00. The molecule has 4 atom stereocenters. The third-order valence-corrected chi connectivity index (χ3v) is 9.29. The fourth-order valence-corrected chi connectivity index (χ4v) is 7.16. The molecule has 2 aliphatic rings. The van der Waals surface area contributed by atoms with E-state index in [0.717, 1.165) is 31.2 Å². The largest absolute Gasteiger partial charge is 0.626 e. The number of nitrogens with zero attached hydrogens (tertiary/aromatic N) is 2. The van der Waals surface area contributed by atoms with Gasteiger partial charge in [-0.3, -0.25) is 14.7 Å². The minimum atomic E-state index is -1.02. The van der Waals surface area contributed by atoms with Gasteiger partial charge in [0.15, 0.2) is 11.2 Å². The molecule has 9 heteroatoms. The van der Waals surface area contributed by atoms with Crippen LogP contribution in [0.3, 0.4) is 0 Å². The van der Waals surface area contributed by atoms with E-state index in [1.54, 1.807) is 6.21 Å². The molecule has 246 valence electrons. The number of carbonyl (C=O) groups is 2. The molecule has 1 unspecified atom stereocenters. The molecule has 2 fully saturated rings. The predicted molar refractivity (Wildman–Crippen MR) is 183 cm³/mol. The number of hydrogen-bond acceptors (Lipinski definition) is 6. The van der Waals surface area contributed by atoms with Gasteiger partial charge >= 0.3 is 5.91 Å². The number of quaternary nitrogens is 1. The number of carbonyl (C=O) groups excluding carboxylic acids is 2. The highest BCUT2D eigenvalue weighted by atomic mass is 32.1. The highest BCUT2D eigenvalue weighted by Crippen LogP contribution is 2.27. The molecule has 4 N–H and O–H groups in total. The van der Waals surface area contributed by atoms with Crippen molar-refractivity contribution in [2.45, 2.75) is 141 Å². The first-order valence-electron chi connectivity index (χ1n) is 17.0. The maximum atomic E-state index is 14.2. The first kappa shape index (κ1) is 36.3. The quantitative estimate of drug-likeness (QED) is 0.159. The van der Waals surface area contributed by atoms with E-state index in [4.69, 9.17) is 22.9 Å². The maximum Gasteiger partial charge on any atom is 0.335 e. The Morgan fingerprint density at radius 1 is 1.07 bits per heavy atom. The van der Waals surface area contributed by atoms with Gasteiger partial charge in [-0.2, -0.15) is 0 Å². The second kappa shape index (κ2) is 18.1. The summed E-state index contributed by atoms with van der Waals surface area (Å²) in [5, 5.41) is 17.0. The van der Waals surface area contributed by atoms with Gasteiger partial charge < -0.3 is 21.3 Å². The highest BCUT2D eigenvalue weighted by Gasteiger charge is 2.40. The van der Waals surface area contributed by atoms with Crippen LogP contribution in [0.5, 0.6) is 0 Å². The lowest BCUT2D eigenvalue weighted by Crippen LogP contribution is -3.16. The lowest BCUT2D eigenvalue weighted by Gasteiger charge is -2.38. The average Bonchev–Trinajstić information content (AvgIpc) is 3.00. The Bertz CT molecular complexity index is 1060. The van der Waals surface area contributed by atoms with Crippen LogP contribution in [-0.2, 0) is 16.0 Å². The summed E-state index contributed by atoms with van der Waals surface area (Å²) in [6.45, 7) is 8.48. The first-order chi connectivity index (χ1) is 21.0. The van der Waals surface area contributed by atoms with Crippen LogP contribution < -0.4 is 16.1 Å². The van der Waals surface area contributed by atoms with E-state index < -0.39 is 40.5 Å². The standard InChI is InChI=1S/C35H57N5O3S/c1-5-15-31(39(34(44)38-35(2,3)4)32(41)30(36)23-27-18-11-7-12-19-27)33(42)40(43)29(22-26-16-9-6-10-17-26)25-37-24-28-20-13-8-14-21-28/h7,11-12,18-19,25-26,28-31,40H,5-6,8-10,13-17,20-24,36H2,1-4H3,(H,38,44)/t29-,30-,31-/m0/s1. The highest BCUT2D eigenvalue weighted by molar-refractivity contribution is 7.80. The van der Waals surface area contributed by atoms with Crippen molar-refractivity contribution in [3.05, 3.63) is 41.1 Å². The normalized spacial score (nSPS) is 19.7. The van der Waals surface area contributed by atoms with Crippen molar-refractivity contribution in [1.82, 2.24) is 10.2 Å². The van der Waals surface area contributed by atoms with E-state index >= 15 is 0 Å². The monoisotopic (exact) mass is 627 g/mol. The molecule has 2 saturated carbocycles. The number of benzene rings is 1. The lowest BCUT2D eigenvalue weighted by molar-refractivity contribution is -0.783. The van der Waals surface area contributed by atoms with Gasteiger partial charge in [-0.15, -0.1) is 0 Å². The van der Waals surface area contributed by atoms with Crippen LogP contribution in [0, 0.1) is 17.0 Å². The Morgan fingerprint density at radius 2 is 1.66 bits per heavy atom. The van der Waals surface area contributed by atoms with Crippen molar-refractivity contribution >= 4 is 35.4 Å². The van der Waals surface area contributed by atoms with Gasteiger partial charge in [-0.05, 0) is 76.1 Å². The van der Waals surface area contributed by atoms with E-state index in [2.05, 4.69) is 5.32 Å². The van der Waals surface area contributed by atoms with Crippen LogP contribution in [0.1, 0.15) is 117 Å². The minimum Gasteiger partial charge on any atom is -0.626 e. The smallest absolute Gasteiger partial charge is 0.335 e. The predicted octanol–water partition coefficient (Wildman–Crippen LogP) is 5.13. The number of thiocarbonyl (C=S) groups is 1. The molecule has 1 aromatic rings. The minimum absolute atomic E-state index is 0.125. The van der Waals surface area contributed by atoms with Crippen LogP contribution in [0.25, 0.3) is 0 Å². The summed E-state index contributed by atoms with van der Waals surface area (Å²) < 4.78 is 0. The van der Waals surface area contributed by atoms with Gasteiger partial charge in [0.1, 0.15) is 6.04 Å². The maximum absolute atomic E-state index is 14.2. The number of nitrogens with two attached hydrogens (primary N) is 1. The molecular weight excluding hydrogens is 570 g/mol. The molecule has 0 aromatic heterocycles. The van der Waals surface area contributed by atoms with Gasteiger partial charge in [0.05, 0.1) is 12.3 Å². The lowest BCUT2D eigenvalue weighted by atomic mass is 9.84. The van der Waals surface area contributed by atoms with Gasteiger partial charge in [-0.1, -0.05) is 95.0 Å². The Labute approximate surface area is 271 Å². The number of hydrogen-bond donors (Lipinski definition) is 3. The van der Waals surface area contributed by atoms with Gasteiger partial charge in [0.2, 0.25) is 5.91 Å². The first-order valence-corrected chi connectivity index (χ1v) is 17.4. The molecule has 0 radical (unpaired) electrons. The zero-order chi connectivity index (χ0) is 32.1. The molecule has 0 heterocycles. The molecule has 2 aliphatic carbocycles. The summed E-state index contributed by atoms with van der Waals surface area (Å²) in [7, 11) is 0. The summed E-state index contributed by atoms with van der Waals surface area (Å²) in [4.78, 5) is 34.4. The Kier molecular flexibility index (Phi) is 14.9. The fraction of sp³-hybridized carbons (Fsp3) is 0.714. The summed E-state index contributed by atoms with van der Waals surface area (Å²) in [5.41, 5.74) is 6.94. The summed E-state index contributed by atoms with van der Waals surface area (Å²) >= 11 is 5.77. The van der Waals surface area contributed by atoms with Crippen molar-refractivity contribution in [2.75, 3.05) is 6.54 Å². The van der Waals surface area contributed by atoms with E-state index in [9.17, 15) is 14.8 Å². The average molecular weight is 628 g/mol. The summed E-state index contributed by atoms with van der Waals surface area (Å²) in [5.74, 6) is -0.0777. The topological polar surface area (TPSA) is 115 Å². The van der Waals surface area contributed by atoms with Crippen molar-refractivity contribution in [1.29, 1.82) is 0 Å². The van der Waals surface area contributed by atoms with Crippen LogP contribution in [-0.4, -0.2) is 58.3 Å². The molecule has 2 amide bonds. The molecule has 3 rings (SSSR count). The molecule has 0 spiro atoms. The number of aliphatic imine (C=N–C) groups is 1. The van der Waals surface area contributed by atoms with Gasteiger partial charge in [-0.25, -0.2) is 4.79 Å². The van der Waals surface area contributed by atoms with Crippen LogP contribution in [0.2, 0.25) is 0 Å². The van der Waals surface area contributed by atoms with Crippen LogP contribution >= 0.6 is 12.2 Å². The van der Waals surface area contributed by atoms with Gasteiger partial charge in [0, 0.05) is 18.5 Å². The second-order valence-electron chi connectivity index (χ2n) is 14.1. The Morgan fingerprint density at radius 3 is 2.23 bits per heavy atom. The van der Waals surface area contributed by atoms with Crippen molar-refractivity contribution in [3.63, 3.8) is 0 Å². The fourth-order valence-electron chi connectivity index (χ4n) is 6.63. The Balaban J connectivity index is 1.88. The van der Waals surface area contributed by atoms with Crippen molar-refractivity contribution in [3.8, 4) is 0 Å². The van der Waals surface area contributed by atoms with E-state index in [0.29, 0.717) is 44.1 Å². The SMILES string of the molecule is CCC[C@@H](C(=O)[NH+]([O-])[C@H](C=NCC1CCCCC1)CC1CCCCC1)N(C(=O)[C@@H](N)Cc1ccccc1)C(=S)NC(C)(C)C. The summed E-state index contributed by atoms with van der Waals surface area (Å²) in [6.07, 6.45) is 15.4. The Hall–Kier alpha value is -2.20. The zero-order valence-electron chi connectivity index (χ0n) is 27.6. The van der Waals surface area contributed by atoms with Crippen molar-refractivity contribution < 1.29 is 14.7 Å². The van der Waals surface area contributed by atoms with Crippen molar-refractivity contribution in [2.24, 2.45) is 22.6 Å².